The zero-order valence-corrected chi connectivity index (χ0v) is 13.7. The molecule has 2 N–H and O–H groups in total. The second kappa shape index (κ2) is 8.63. The summed E-state index contributed by atoms with van der Waals surface area (Å²) < 4.78 is 10.7. The molecule has 0 spiro atoms. The monoisotopic (exact) mass is 314 g/mol. The van der Waals surface area contributed by atoms with Crippen LogP contribution in [0.1, 0.15) is 11.3 Å². The Morgan fingerprint density at radius 1 is 1.04 bits per heavy atom. The third-order valence-corrected chi connectivity index (χ3v) is 3.32. The fraction of sp³-hybridized carbons (Fsp3) is 0.294. The van der Waals surface area contributed by atoms with E-state index in [0.717, 1.165) is 17.0 Å². The van der Waals surface area contributed by atoms with Gasteiger partial charge >= 0.3 is 0 Å². The van der Waals surface area contributed by atoms with Crippen molar-refractivity contribution in [2.24, 2.45) is 4.99 Å². The van der Waals surface area contributed by atoms with Crippen LogP contribution in [0.25, 0.3) is 0 Å². The van der Waals surface area contributed by atoms with Gasteiger partial charge < -0.3 is 20.1 Å². The van der Waals surface area contributed by atoms with Crippen LogP contribution in [0.2, 0.25) is 0 Å². The largest absolute Gasteiger partial charge is 0.493 e. The topological polar surface area (TPSA) is 67.8 Å². The van der Waals surface area contributed by atoms with Crippen molar-refractivity contribution in [1.82, 2.24) is 15.6 Å². The highest BCUT2D eigenvalue weighted by molar-refractivity contribution is 5.79. The summed E-state index contributed by atoms with van der Waals surface area (Å²) in [6.45, 7) is 1.18. The van der Waals surface area contributed by atoms with Gasteiger partial charge in [-0.15, -0.1) is 0 Å². The zero-order valence-electron chi connectivity index (χ0n) is 13.7. The van der Waals surface area contributed by atoms with Crippen LogP contribution in [0, 0.1) is 0 Å². The van der Waals surface area contributed by atoms with Gasteiger partial charge in [0, 0.05) is 25.4 Å². The molecular weight excluding hydrogens is 292 g/mol. The van der Waals surface area contributed by atoms with Crippen molar-refractivity contribution >= 4 is 5.96 Å². The Labute approximate surface area is 136 Å². The van der Waals surface area contributed by atoms with E-state index in [9.17, 15) is 0 Å². The van der Waals surface area contributed by atoms with Crippen molar-refractivity contribution in [3.8, 4) is 11.5 Å². The molecule has 1 aromatic carbocycles. The van der Waals surface area contributed by atoms with Gasteiger partial charge in [0.25, 0.3) is 0 Å². The third-order valence-electron chi connectivity index (χ3n) is 3.32. The van der Waals surface area contributed by atoms with Crippen molar-refractivity contribution < 1.29 is 9.47 Å². The molecular formula is C17H22N4O2. The van der Waals surface area contributed by atoms with Crippen LogP contribution in [0.3, 0.4) is 0 Å². The van der Waals surface area contributed by atoms with Gasteiger partial charge in [-0.1, -0.05) is 18.2 Å². The summed E-state index contributed by atoms with van der Waals surface area (Å²) >= 11 is 0. The molecule has 0 aliphatic carbocycles. The van der Waals surface area contributed by atoms with E-state index >= 15 is 0 Å². The van der Waals surface area contributed by atoms with Crippen molar-refractivity contribution in [3.63, 3.8) is 0 Å². The summed E-state index contributed by atoms with van der Waals surface area (Å²) in [6.07, 6.45) is 1.77. The Balaban J connectivity index is 1.96. The van der Waals surface area contributed by atoms with Gasteiger partial charge in [0.2, 0.25) is 0 Å². The number of para-hydroxylation sites is 1. The van der Waals surface area contributed by atoms with Gasteiger partial charge in [0.05, 0.1) is 26.5 Å². The summed E-state index contributed by atoms with van der Waals surface area (Å²) in [6, 6.07) is 11.6. The molecule has 0 fully saturated rings. The lowest BCUT2D eigenvalue weighted by molar-refractivity contribution is 0.351. The Morgan fingerprint density at radius 2 is 1.87 bits per heavy atom. The smallest absolute Gasteiger partial charge is 0.191 e. The molecule has 1 aromatic heterocycles. The van der Waals surface area contributed by atoms with Gasteiger partial charge in [-0.25, -0.2) is 0 Å². The summed E-state index contributed by atoms with van der Waals surface area (Å²) in [7, 11) is 4.99. The van der Waals surface area contributed by atoms with E-state index in [4.69, 9.17) is 9.47 Å². The van der Waals surface area contributed by atoms with E-state index < -0.39 is 0 Å². The molecule has 0 unspecified atom stereocenters. The first-order valence-electron chi connectivity index (χ1n) is 7.32. The van der Waals surface area contributed by atoms with Gasteiger partial charge in [-0.3, -0.25) is 9.98 Å². The van der Waals surface area contributed by atoms with Crippen LogP contribution in [-0.4, -0.2) is 32.2 Å². The highest BCUT2D eigenvalue weighted by Crippen LogP contribution is 2.30. The van der Waals surface area contributed by atoms with Gasteiger partial charge in [0.1, 0.15) is 0 Å². The normalized spacial score (nSPS) is 11.0. The minimum atomic E-state index is 0.572. The molecule has 122 valence electrons. The molecule has 1 heterocycles. The number of ether oxygens (including phenoxy) is 2. The first-order chi connectivity index (χ1) is 11.3. The minimum Gasteiger partial charge on any atom is -0.493 e. The van der Waals surface area contributed by atoms with E-state index in [1.165, 1.54) is 0 Å². The lowest BCUT2D eigenvalue weighted by atomic mass is 10.2. The predicted octanol–water partition coefficient (Wildman–Crippen LogP) is 1.96. The first-order valence-corrected chi connectivity index (χ1v) is 7.32. The van der Waals surface area contributed by atoms with Gasteiger partial charge in [-0.05, 0) is 18.2 Å². The quantitative estimate of drug-likeness (QED) is 0.630. The van der Waals surface area contributed by atoms with Crippen molar-refractivity contribution in [1.29, 1.82) is 0 Å². The van der Waals surface area contributed by atoms with Crippen LogP contribution in [0.15, 0.2) is 47.6 Å². The summed E-state index contributed by atoms with van der Waals surface area (Å²) in [5.74, 6) is 2.13. The molecule has 0 saturated carbocycles. The number of nitrogens with one attached hydrogen (secondary N) is 2. The number of aliphatic imine (C=N–C) groups is 1. The Morgan fingerprint density at radius 3 is 2.52 bits per heavy atom. The van der Waals surface area contributed by atoms with Crippen LogP contribution in [0.5, 0.6) is 11.5 Å². The number of rotatable bonds is 6. The lowest BCUT2D eigenvalue weighted by Gasteiger charge is -2.15. The lowest BCUT2D eigenvalue weighted by Crippen LogP contribution is -2.36. The molecule has 0 aliphatic heterocycles. The number of aromatic nitrogens is 1. The van der Waals surface area contributed by atoms with Crippen LogP contribution in [0.4, 0.5) is 0 Å². The molecule has 23 heavy (non-hydrogen) atoms. The Kier molecular flexibility index (Phi) is 6.23. The minimum absolute atomic E-state index is 0.572. The molecule has 2 aromatic rings. The third kappa shape index (κ3) is 4.60. The molecule has 0 aliphatic rings. The first kappa shape index (κ1) is 16.6. The van der Waals surface area contributed by atoms with Crippen molar-refractivity contribution in [2.75, 3.05) is 21.3 Å². The Hall–Kier alpha value is -2.76. The molecule has 6 heteroatoms. The van der Waals surface area contributed by atoms with Crippen molar-refractivity contribution in [2.45, 2.75) is 13.1 Å². The van der Waals surface area contributed by atoms with Crippen LogP contribution in [-0.2, 0) is 13.1 Å². The van der Waals surface area contributed by atoms with E-state index in [0.29, 0.717) is 24.8 Å². The number of hydrogen-bond acceptors (Lipinski definition) is 4. The van der Waals surface area contributed by atoms with Crippen molar-refractivity contribution in [3.05, 3.63) is 53.9 Å². The number of methoxy groups -OCH3 is 2. The maximum Gasteiger partial charge on any atom is 0.191 e. The summed E-state index contributed by atoms with van der Waals surface area (Å²) in [5, 5.41) is 6.48. The number of nitrogens with zero attached hydrogens (tertiary/aromatic N) is 2. The molecule has 0 saturated heterocycles. The fourth-order valence-corrected chi connectivity index (χ4v) is 2.17. The maximum atomic E-state index is 5.43. The predicted molar refractivity (Wildman–Crippen MR) is 90.8 cm³/mol. The van der Waals surface area contributed by atoms with Crippen LogP contribution < -0.4 is 20.1 Å². The summed E-state index contributed by atoms with van der Waals surface area (Å²) in [4.78, 5) is 8.48. The second-order valence-electron chi connectivity index (χ2n) is 4.75. The van der Waals surface area contributed by atoms with Crippen LogP contribution >= 0.6 is 0 Å². The zero-order chi connectivity index (χ0) is 16.5. The average molecular weight is 314 g/mol. The van der Waals surface area contributed by atoms with E-state index in [2.05, 4.69) is 20.6 Å². The molecule has 0 bridgehead atoms. The standard InChI is InChI=1S/C17H22N4O2/c1-18-17(21-12-14-8-4-5-10-19-14)20-11-13-7-6-9-15(22-2)16(13)23-3/h4-10H,11-12H2,1-3H3,(H2,18,20,21). The maximum absolute atomic E-state index is 5.43. The Bertz CT molecular complexity index is 644. The highest BCUT2D eigenvalue weighted by Gasteiger charge is 2.09. The summed E-state index contributed by atoms with van der Waals surface area (Å²) in [5.41, 5.74) is 1.95. The molecule has 0 amide bonds. The second-order valence-corrected chi connectivity index (χ2v) is 4.75. The van der Waals surface area contributed by atoms with Gasteiger partial charge in [0.15, 0.2) is 17.5 Å². The van der Waals surface area contributed by atoms with E-state index in [1.807, 2.05) is 36.4 Å². The van der Waals surface area contributed by atoms with E-state index in [1.54, 1.807) is 27.5 Å². The van der Waals surface area contributed by atoms with Gasteiger partial charge in [-0.2, -0.15) is 0 Å². The number of pyridine rings is 1. The SMILES string of the molecule is CN=C(NCc1ccccn1)NCc1cccc(OC)c1OC. The van der Waals surface area contributed by atoms with E-state index in [-0.39, 0.29) is 0 Å². The average Bonchev–Trinajstić information content (AvgIpc) is 2.62. The molecule has 0 atom stereocenters. The molecule has 6 nitrogen and oxygen atoms in total. The number of hydrogen-bond donors (Lipinski definition) is 2. The molecule has 2 rings (SSSR count). The highest BCUT2D eigenvalue weighted by atomic mass is 16.5. The number of guanidine groups is 1. The fourth-order valence-electron chi connectivity index (χ4n) is 2.17. The molecule has 0 radical (unpaired) electrons. The number of benzene rings is 1.